The number of fused-ring (bicyclic) bond motifs is 2. The van der Waals surface area contributed by atoms with Crippen LogP contribution in [0.3, 0.4) is 0 Å². The molecule has 3 nitrogen and oxygen atoms in total. The van der Waals surface area contributed by atoms with Crippen molar-refractivity contribution in [2.75, 3.05) is 0 Å². The Bertz CT molecular complexity index is 1120. The van der Waals surface area contributed by atoms with E-state index in [-0.39, 0.29) is 5.84 Å². The lowest BCUT2D eigenvalue weighted by molar-refractivity contribution is 0.235. The number of aliphatic imine (C=N–C) groups is 1. The van der Waals surface area contributed by atoms with Crippen LogP contribution in [-0.2, 0) is 0 Å². The van der Waals surface area contributed by atoms with Gasteiger partial charge in [-0.1, -0.05) is 48.5 Å². The van der Waals surface area contributed by atoms with E-state index in [9.17, 15) is 4.39 Å². The van der Waals surface area contributed by atoms with Crippen LogP contribution >= 0.6 is 0 Å². The summed E-state index contributed by atoms with van der Waals surface area (Å²) >= 11 is 0. The van der Waals surface area contributed by atoms with E-state index >= 15 is 0 Å². The average Bonchev–Trinajstić information content (AvgIpc) is 3.00. The average molecular weight is 371 g/mol. The largest absolute Gasteiger partial charge is 0.383 e. The molecule has 1 fully saturated rings. The van der Waals surface area contributed by atoms with E-state index in [1.807, 2.05) is 18.2 Å². The fraction of sp³-hybridized carbons (Fsp3) is 0.250. The zero-order chi connectivity index (χ0) is 19.3. The van der Waals surface area contributed by atoms with E-state index < -0.39 is 6.17 Å². The van der Waals surface area contributed by atoms with Gasteiger partial charge in [0.05, 0.1) is 0 Å². The van der Waals surface area contributed by atoms with Gasteiger partial charge in [-0.15, -0.1) is 0 Å². The number of rotatable bonds is 2. The molecule has 0 atom stereocenters. The van der Waals surface area contributed by atoms with Gasteiger partial charge in [-0.25, -0.2) is 9.38 Å². The van der Waals surface area contributed by atoms with Gasteiger partial charge in [0.2, 0.25) is 0 Å². The number of nitrogens with one attached hydrogen (secondary N) is 1. The minimum absolute atomic E-state index is 0.219. The second-order valence-corrected chi connectivity index (χ2v) is 7.82. The van der Waals surface area contributed by atoms with Crippen molar-refractivity contribution in [1.29, 1.82) is 5.41 Å². The molecule has 0 aromatic heterocycles. The van der Waals surface area contributed by atoms with E-state index in [0.29, 0.717) is 24.6 Å². The molecule has 5 rings (SSSR count). The van der Waals surface area contributed by atoms with Gasteiger partial charge in [-0.2, -0.15) is 0 Å². The number of amidine groups is 2. The van der Waals surface area contributed by atoms with E-state index in [1.165, 1.54) is 5.56 Å². The van der Waals surface area contributed by atoms with Crippen LogP contribution in [0.15, 0.2) is 59.6 Å². The minimum atomic E-state index is -0.652. The van der Waals surface area contributed by atoms with E-state index in [4.69, 9.17) is 11.1 Å². The third-order valence-corrected chi connectivity index (χ3v) is 6.10. The van der Waals surface area contributed by atoms with E-state index in [2.05, 4.69) is 41.4 Å². The highest BCUT2D eigenvalue weighted by atomic mass is 19.1. The summed E-state index contributed by atoms with van der Waals surface area (Å²) in [4.78, 5) is 4.22. The first-order valence-corrected chi connectivity index (χ1v) is 9.85. The standard InChI is InChI=1S/C24H22FN3/c25-18-10-8-14(9-11-18)15-5-3-6-17(12-15)21-19-7-2-1-4-16(19)13-20-22(21)24(27)28-23(20)26/h1-7,12-14,18H,8-11H2,(H3,26,27,28). The Balaban J connectivity index is 1.69. The summed E-state index contributed by atoms with van der Waals surface area (Å²) in [6.07, 6.45) is 2.43. The van der Waals surface area contributed by atoms with Crippen molar-refractivity contribution < 1.29 is 4.39 Å². The van der Waals surface area contributed by atoms with Crippen LogP contribution in [0.4, 0.5) is 4.39 Å². The van der Waals surface area contributed by atoms with Gasteiger partial charge >= 0.3 is 0 Å². The zero-order valence-electron chi connectivity index (χ0n) is 15.6. The molecule has 4 heteroatoms. The molecule has 0 saturated heterocycles. The van der Waals surface area contributed by atoms with Gasteiger partial charge in [0.25, 0.3) is 0 Å². The third kappa shape index (κ3) is 2.71. The van der Waals surface area contributed by atoms with Crippen LogP contribution in [0.5, 0.6) is 0 Å². The summed E-state index contributed by atoms with van der Waals surface area (Å²) in [5, 5.41) is 10.6. The van der Waals surface area contributed by atoms with Gasteiger partial charge < -0.3 is 5.73 Å². The fourth-order valence-electron chi connectivity index (χ4n) is 4.67. The molecule has 0 spiro atoms. The molecule has 140 valence electrons. The van der Waals surface area contributed by atoms with Crippen molar-refractivity contribution in [3.05, 3.63) is 71.3 Å². The molecule has 1 heterocycles. The second-order valence-electron chi connectivity index (χ2n) is 7.82. The van der Waals surface area contributed by atoms with Gasteiger partial charge in [0.1, 0.15) is 12.0 Å². The molecular formula is C24H22FN3. The number of nitrogens with zero attached hydrogens (tertiary/aromatic N) is 1. The monoisotopic (exact) mass is 371 g/mol. The Labute approximate surface area is 163 Å². The zero-order valence-corrected chi connectivity index (χ0v) is 15.6. The molecule has 0 amide bonds. The molecule has 3 N–H and O–H groups in total. The quantitative estimate of drug-likeness (QED) is 0.610. The molecule has 1 aliphatic heterocycles. The summed E-state index contributed by atoms with van der Waals surface area (Å²) in [5.41, 5.74) is 11.1. The number of nitrogens with two attached hydrogens (primary N) is 1. The maximum Gasteiger partial charge on any atom is 0.155 e. The molecule has 28 heavy (non-hydrogen) atoms. The fourth-order valence-corrected chi connectivity index (χ4v) is 4.67. The number of benzene rings is 3. The summed E-state index contributed by atoms with van der Waals surface area (Å²) in [7, 11) is 0. The topological polar surface area (TPSA) is 62.2 Å². The summed E-state index contributed by atoms with van der Waals surface area (Å²) in [5.74, 6) is 1.02. The molecule has 0 radical (unpaired) electrons. The van der Waals surface area contributed by atoms with Crippen molar-refractivity contribution >= 4 is 22.4 Å². The molecule has 1 aliphatic carbocycles. The van der Waals surface area contributed by atoms with Crippen molar-refractivity contribution in [3.8, 4) is 11.1 Å². The van der Waals surface area contributed by atoms with E-state index in [1.54, 1.807) is 0 Å². The van der Waals surface area contributed by atoms with Crippen LogP contribution in [0.1, 0.15) is 48.3 Å². The van der Waals surface area contributed by atoms with Gasteiger partial charge in [-0.3, -0.25) is 5.41 Å². The lowest BCUT2D eigenvalue weighted by Gasteiger charge is -2.25. The summed E-state index contributed by atoms with van der Waals surface area (Å²) in [6.45, 7) is 0. The summed E-state index contributed by atoms with van der Waals surface area (Å²) in [6, 6.07) is 18.7. The maximum absolute atomic E-state index is 13.6. The molecule has 3 aromatic rings. The van der Waals surface area contributed by atoms with Gasteiger partial charge in [-0.05, 0) is 59.6 Å². The Hall–Kier alpha value is -3.01. The van der Waals surface area contributed by atoms with Crippen LogP contribution in [-0.4, -0.2) is 17.8 Å². The first-order valence-electron chi connectivity index (χ1n) is 9.85. The van der Waals surface area contributed by atoms with Crippen LogP contribution in [0, 0.1) is 5.41 Å². The Morgan fingerprint density at radius 1 is 0.929 bits per heavy atom. The number of hydrogen-bond donors (Lipinski definition) is 2. The predicted octanol–water partition coefficient (Wildman–Crippen LogP) is 5.55. The van der Waals surface area contributed by atoms with Crippen LogP contribution < -0.4 is 5.73 Å². The molecule has 3 aromatic carbocycles. The third-order valence-electron chi connectivity index (χ3n) is 6.10. The van der Waals surface area contributed by atoms with Crippen molar-refractivity contribution in [2.24, 2.45) is 10.7 Å². The Morgan fingerprint density at radius 2 is 1.71 bits per heavy atom. The Morgan fingerprint density at radius 3 is 2.54 bits per heavy atom. The molecular weight excluding hydrogens is 349 g/mol. The second kappa shape index (κ2) is 6.55. The Kier molecular flexibility index (Phi) is 4.00. The van der Waals surface area contributed by atoms with Crippen molar-refractivity contribution in [1.82, 2.24) is 0 Å². The molecule has 1 saturated carbocycles. The lowest BCUT2D eigenvalue weighted by Crippen LogP contribution is -2.13. The van der Waals surface area contributed by atoms with Crippen LogP contribution in [0.25, 0.3) is 21.9 Å². The van der Waals surface area contributed by atoms with Crippen molar-refractivity contribution in [2.45, 2.75) is 37.8 Å². The van der Waals surface area contributed by atoms with Gasteiger partial charge in [0.15, 0.2) is 5.84 Å². The normalized spacial score (nSPS) is 21.6. The first kappa shape index (κ1) is 17.1. The van der Waals surface area contributed by atoms with Crippen molar-refractivity contribution in [3.63, 3.8) is 0 Å². The number of alkyl halides is 1. The van der Waals surface area contributed by atoms with E-state index in [0.717, 1.165) is 45.9 Å². The predicted molar refractivity (Wildman–Crippen MR) is 113 cm³/mol. The number of hydrogen-bond acceptors (Lipinski definition) is 2. The first-order chi connectivity index (χ1) is 13.6. The molecule has 2 aliphatic rings. The molecule has 0 unspecified atom stereocenters. The minimum Gasteiger partial charge on any atom is -0.383 e. The SMILES string of the molecule is N=C1N=C(N)c2cc3ccccc3c(-c3cccc(C4CCC(F)CC4)c3)c21. The highest BCUT2D eigenvalue weighted by molar-refractivity contribution is 6.26. The highest BCUT2D eigenvalue weighted by Crippen LogP contribution is 2.40. The van der Waals surface area contributed by atoms with Gasteiger partial charge in [0, 0.05) is 16.7 Å². The van der Waals surface area contributed by atoms with Crippen LogP contribution in [0.2, 0.25) is 0 Å². The molecule has 0 bridgehead atoms. The summed E-state index contributed by atoms with van der Waals surface area (Å²) < 4.78 is 13.6. The highest BCUT2D eigenvalue weighted by Gasteiger charge is 2.26. The number of halogens is 1. The lowest BCUT2D eigenvalue weighted by atomic mass is 9.81. The smallest absolute Gasteiger partial charge is 0.155 e. The maximum atomic E-state index is 13.6.